The summed E-state index contributed by atoms with van der Waals surface area (Å²) in [4.78, 5) is 0. The molecule has 0 bridgehead atoms. The molecule has 0 saturated heterocycles. The zero-order valence-electron chi connectivity index (χ0n) is 5.41. The molecule has 1 aliphatic carbocycles. The van der Waals surface area contributed by atoms with Gasteiger partial charge in [0.1, 0.15) is 12.2 Å². The second kappa shape index (κ2) is 1.56. The van der Waals surface area contributed by atoms with Crippen molar-refractivity contribution in [3.05, 3.63) is 12.2 Å². The highest BCUT2D eigenvalue weighted by atomic mass is 15.3. The molecule has 1 saturated carbocycles. The Kier molecular flexibility index (Phi) is 0.860. The van der Waals surface area contributed by atoms with Gasteiger partial charge in [0.2, 0.25) is 0 Å². The van der Waals surface area contributed by atoms with Gasteiger partial charge in [0.25, 0.3) is 0 Å². The van der Waals surface area contributed by atoms with E-state index in [1.54, 1.807) is 6.33 Å². The summed E-state index contributed by atoms with van der Waals surface area (Å²) < 4.78 is 2.00. The third-order valence-corrected chi connectivity index (χ3v) is 1.69. The minimum atomic E-state index is 0.720. The van der Waals surface area contributed by atoms with Crippen LogP contribution in [0.15, 0.2) is 6.33 Å². The summed E-state index contributed by atoms with van der Waals surface area (Å²) in [5.74, 6) is 1.87. The quantitative estimate of drug-likeness (QED) is 0.550. The van der Waals surface area contributed by atoms with Gasteiger partial charge in [-0.05, 0) is 12.8 Å². The summed E-state index contributed by atoms with van der Waals surface area (Å²) in [5.41, 5.74) is 0. The molecule has 0 N–H and O–H groups in total. The van der Waals surface area contributed by atoms with E-state index in [1.165, 1.54) is 12.8 Å². The van der Waals surface area contributed by atoms with Crippen LogP contribution in [0.4, 0.5) is 0 Å². The fourth-order valence-electron chi connectivity index (χ4n) is 1.00. The fourth-order valence-corrected chi connectivity index (χ4v) is 1.00. The van der Waals surface area contributed by atoms with Crippen molar-refractivity contribution in [1.82, 2.24) is 14.8 Å². The maximum atomic E-state index is 3.99. The maximum absolute atomic E-state index is 3.99. The lowest BCUT2D eigenvalue weighted by Crippen LogP contribution is -1.93. The Morgan fingerprint density at radius 1 is 1.67 bits per heavy atom. The van der Waals surface area contributed by atoms with E-state index in [0.717, 1.165) is 11.7 Å². The first-order chi connectivity index (χ1) is 4.38. The van der Waals surface area contributed by atoms with Crippen molar-refractivity contribution in [3.63, 3.8) is 0 Å². The van der Waals surface area contributed by atoms with Crippen LogP contribution in [0.25, 0.3) is 0 Å². The number of hydrogen-bond donors (Lipinski definition) is 0. The van der Waals surface area contributed by atoms with Crippen molar-refractivity contribution < 1.29 is 0 Å². The van der Waals surface area contributed by atoms with Crippen molar-refractivity contribution in [1.29, 1.82) is 0 Å². The van der Waals surface area contributed by atoms with Gasteiger partial charge in [-0.2, -0.15) is 0 Å². The van der Waals surface area contributed by atoms with Gasteiger partial charge < -0.3 is 4.57 Å². The van der Waals surface area contributed by atoms with Crippen LogP contribution in [0.2, 0.25) is 0 Å². The molecule has 1 fully saturated rings. The molecule has 1 aliphatic rings. The van der Waals surface area contributed by atoms with Crippen LogP contribution in [-0.2, 0) is 7.05 Å². The fraction of sp³-hybridized carbons (Fsp3) is 0.667. The van der Waals surface area contributed by atoms with Crippen LogP contribution in [-0.4, -0.2) is 14.8 Å². The summed E-state index contributed by atoms with van der Waals surface area (Å²) >= 11 is 0. The summed E-state index contributed by atoms with van der Waals surface area (Å²) in [6.07, 6.45) is 4.35. The van der Waals surface area contributed by atoms with Crippen LogP contribution in [0.3, 0.4) is 0 Å². The third kappa shape index (κ3) is 0.724. The molecule has 0 aromatic carbocycles. The van der Waals surface area contributed by atoms with Gasteiger partial charge in [-0.25, -0.2) is 0 Å². The van der Waals surface area contributed by atoms with Crippen molar-refractivity contribution in [2.24, 2.45) is 7.05 Å². The zero-order valence-corrected chi connectivity index (χ0v) is 5.41. The van der Waals surface area contributed by atoms with Gasteiger partial charge in [0.05, 0.1) is 0 Å². The molecule has 2 rings (SSSR count). The van der Waals surface area contributed by atoms with Crippen molar-refractivity contribution in [3.8, 4) is 0 Å². The van der Waals surface area contributed by atoms with Crippen LogP contribution < -0.4 is 0 Å². The van der Waals surface area contributed by atoms with E-state index in [9.17, 15) is 0 Å². The monoisotopic (exact) mass is 123 g/mol. The average Bonchev–Trinajstić information content (AvgIpc) is 2.58. The Bertz CT molecular complexity index is 212. The summed E-state index contributed by atoms with van der Waals surface area (Å²) in [5, 5.41) is 7.79. The van der Waals surface area contributed by atoms with Crippen LogP contribution in [0, 0.1) is 0 Å². The normalized spacial score (nSPS) is 18.3. The average molecular weight is 123 g/mol. The summed E-state index contributed by atoms with van der Waals surface area (Å²) in [7, 11) is 1.99. The second-order valence-electron chi connectivity index (χ2n) is 2.57. The Morgan fingerprint density at radius 3 is 2.89 bits per heavy atom. The van der Waals surface area contributed by atoms with Gasteiger partial charge in [0, 0.05) is 13.0 Å². The summed E-state index contributed by atoms with van der Waals surface area (Å²) in [6, 6.07) is 0. The first-order valence-corrected chi connectivity index (χ1v) is 3.22. The van der Waals surface area contributed by atoms with E-state index >= 15 is 0 Å². The van der Waals surface area contributed by atoms with Gasteiger partial charge in [-0.3, -0.25) is 0 Å². The number of nitrogens with zero attached hydrogens (tertiary/aromatic N) is 3. The minimum Gasteiger partial charge on any atom is -0.320 e. The molecular weight excluding hydrogens is 114 g/mol. The Balaban J connectivity index is 2.35. The van der Waals surface area contributed by atoms with Crippen LogP contribution >= 0.6 is 0 Å². The van der Waals surface area contributed by atoms with E-state index in [2.05, 4.69) is 10.2 Å². The predicted molar refractivity (Wildman–Crippen MR) is 33.0 cm³/mol. The molecular formula is C6H9N3. The molecule has 3 heteroatoms. The predicted octanol–water partition coefficient (Wildman–Crippen LogP) is 0.692. The molecule has 0 radical (unpaired) electrons. The minimum absolute atomic E-state index is 0.720. The lowest BCUT2D eigenvalue weighted by atomic mass is 10.4. The highest BCUT2D eigenvalue weighted by Crippen LogP contribution is 2.38. The number of aromatic nitrogens is 3. The first kappa shape index (κ1) is 4.97. The first-order valence-electron chi connectivity index (χ1n) is 3.22. The van der Waals surface area contributed by atoms with Crippen molar-refractivity contribution >= 4 is 0 Å². The van der Waals surface area contributed by atoms with Gasteiger partial charge in [-0.15, -0.1) is 10.2 Å². The van der Waals surface area contributed by atoms with Gasteiger partial charge in [0.15, 0.2) is 0 Å². The van der Waals surface area contributed by atoms with E-state index in [4.69, 9.17) is 0 Å². The SMILES string of the molecule is Cn1cnnc1C1CC1. The molecule has 1 aromatic heterocycles. The topological polar surface area (TPSA) is 30.7 Å². The molecule has 0 amide bonds. The number of aryl methyl sites for hydroxylation is 1. The highest BCUT2D eigenvalue weighted by molar-refractivity contribution is 5.03. The second-order valence-corrected chi connectivity index (χ2v) is 2.57. The molecule has 0 atom stereocenters. The lowest BCUT2D eigenvalue weighted by molar-refractivity contribution is 0.798. The van der Waals surface area contributed by atoms with E-state index in [0.29, 0.717) is 0 Å². The zero-order chi connectivity index (χ0) is 6.27. The summed E-state index contributed by atoms with van der Waals surface area (Å²) in [6.45, 7) is 0. The Morgan fingerprint density at radius 2 is 2.44 bits per heavy atom. The third-order valence-electron chi connectivity index (χ3n) is 1.69. The number of rotatable bonds is 1. The molecule has 1 aromatic rings. The van der Waals surface area contributed by atoms with Gasteiger partial charge in [-0.1, -0.05) is 0 Å². The standard InChI is InChI=1S/C6H9N3/c1-9-4-7-8-6(9)5-2-3-5/h4-5H,2-3H2,1H3. The van der Waals surface area contributed by atoms with Crippen LogP contribution in [0.1, 0.15) is 24.6 Å². The smallest absolute Gasteiger partial charge is 0.135 e. The largest absolute Gasteiger partial charge is 0.320 e. The molecule has 9 heavy (non-hydrogen) atoms. The highest BCUT2D eigenvalue weighted by Gasteiger charge is 2.27. The molecule has 1 heterocycles. The van der Waals surface area contributed by atoms with Gasteiger partial charge >= 0.3 is 0 Å². The maximum Gasteiger partial charge on any atom is 0.135 e. The van der Waals surface area contributed by atoms with Crippen molar-refractivity contribution in [2.75, 3.05) is 0 Å². The lowest BCUT2D eigenvalue weighted by Gasteiger charge is -1.92. The molecule has 0 aliphatic heterocycles. The van der Waals surface area contributed by atoms with E-state index in [1.807, 2.05) is 11.6 Å². The Hall–Kier alpha value is -0.860. The van der Waals surface area contributed by atoms with Crippen LogP contribution in [0.5, 0.6) is 0 Å². The van der Waals surface area contributed by atoms with E-state index in [-0.39, 0.29) is 0 Å². The molecule has 0 spiro atoms. The number of hydrogen-bond acceptors (Lipinski definition) is 2. The molecule has 48 valence electrons. The molecule has 3 nitrogen and oxygen atoms in total. The van der Waals surface area contributed by atoms with Crippen molar-refractivity contribution in [2.45, 2.75) is 18.8 Å². The van der Waals surface area contributed by atoms with E-state index < -0.39 is 0 Å². The Labute approximate surface area is 53.7 Å². The molecule has 0 unspecified atom stereocenters.